The van der Waals surface area contributed by atoms with Gasteiger partial charge in [-0.3, -0.25) is 4.79 Å². The Bertz CT molecular complexity index is 1480. The molecule has 12 nitrogen and oxygen atoms in total. The highest BCUT2D eigenvalue weighted by atomic mass is 35.5. The molecule has 0 aliphatic carbocycles. The molecule has 1 aliphatic rings. The number of amides is 3. The van der Waals surface area contributed by atoms with Crippen LogP contribution in [0.5, 0.6) is 5.75 Å². The summed E-state index contributed by atoms with van der Waals surface area (Å²) in [5.74, 6) is -0.125. The lowest BCUT2D eigenvalue weighted by Crippen LogP contribution is -2.44. The molecule has 0 radical (unpaired) electrons. The van der Waals surface area contributed by atoms with Gasteiger partial charge in [-0.1, -0.05) is 17.7 Å². The van der Waals surface area contributed by atoms with Gasteiger partial charge in [0, 0.05) is 24.9 Å². The molecule has 3 heterocycles. The number of benzene rings is 1. The minimum atomic E-state index is -1.00. The van der Waals surface area contributed by atoms with Crippen LogP contribution in [0.4, 0.5) is 26.9 Å². The summed E-state index contributed by atoms with van der Waals surface area (Å²) in [5.41, 5.74) is 0.932. The maximum Gasteiger partial charge on any atom is 0.427 e. The molecule has 0 fully saturated rings. The third-order valence-corrected chi connectivity index (χ3v) is 6.03. The van der Waals surface area contributed by atoms with Crippen LogP contribution in [0, 0.1) is 0 Å². The summed E-state index contributed by atoms with van der Waals surface area (Å²) in [5, 5.41) is 6.56. The number of imide groups is 1. The third kappa shape index (κ3) is 6.93. The van der Waals surface area contributed by atoms with Crippen molar-refractivity contribution in [3.8, 4) is 17.1 Å². The van der Waals surface area contributed by atoms with Crippen LogP contribution in [-0.4, -0.2) is 57.4 Å². The van der Waals surface area contributed by atoms with Gasteiger partial charge in [-0.25, -0.2) is 19.6 Å². The van der Waals surface area contributed by atoms with E-state index >= 15 is 0 Å². The number of carbonyl (C=O) groups excluding carboxylic acids is 3. The van der Waals surface area contributed by atoms with E-state index in [1.807, 2.05) is 6.92 Å². The Morgan fingerprint density at radius 3 is 2.36 bits per heavy atom. The van der Waals surface area contributed by atoms with Gasteiger partial charge in [0.1, 0.15) is 11.2 Å². The Morgan fingerprint density at radius 2 is 1.74 bits per heavy atom. The number of anilines is 3. The highest BCUT2D eigenvalue weighted by Gasteiger charge is 2.35. The Kier molecular flexibility index (Phi) is 8.67. The number of H-pyrrole nitrogens is 1. The summed E-state index contributed by atoms with van der Waals surface area (Å²) < 4.78 is 16.7. The highest BCUT2D eigenvalue weighted by Crippen LogP contribution is 2.40. The smallest absolute Gasteiger partial charge is 0.427 e. The van der Waals surface area contributed by atoms with Crippen LogP contribution in [0.25, 0.3) is 11.4 Å². The number of para-hydroxylation sites is 1. The summed E-state index contributed by atoms with van der Waals surface area (Å²) in [6.07, 6.45) is -0.0622. The Hall–Kier alpha value is -4.32. The largest absolute Gasteiger partial charge is 0.490 e. The van der Waals surface area contributed by atoms with Crippen LogP contribution < -0.4 is 20.3 Å². The summed E-state index contributed by atoms with van der Waals surface area (Å²) >= 11 is 6.42. The van der Waals surface area contributed by atoms with Crippen LogP contribution in [0.3, 0.4) is 0 Å². The number of rotatable bonds is 6. The molecule has 1 aliphatic heterocycles. The average molecular weight is 599 g/mol. The molecular weight excluding hydrogens is 564 g/mol. The van der Waals surface area contributed by atoms with E-state index in [2.05, 4.69) is 25.6 Å². The first kappa shape index (κ1) is 30.6. The summed E-state index contributed by atoms with van der Waals surface area (Å²) in [6, 6.07) is 6.83. The van der Waals surface area contributed by atoms with E-state index in [1.54, 1.807) is 65.8 Å². The molecule has 3 amide bonds. The van der Waals surface area contributed by atoms with Crippen molar-refractivity contribution in [3.05, 3.63) is 46.7 Å². The van der Waals surface area contributed by atoms with Gasteiger partial charge in [-0.2, -0.15) is 0 Å². The van der Waals surface area contributed by atoms with Gasteiger partial charge in [0.15, 0.2) is 5.75 Å². The third-order valence-electron chi connectivity index (χ3n) is 5.73. The number of ether oxygens (including phenoxy) is 3. The van der Waals surface area contributed by atoms with Gasteiger partial charge in [-0.15, -0.1) is 4.90 Å². The van der Waals surface area contributed by atoms with Crippen LogP contribution >= 0.6 is 11.6 Å². The fourth-order valence-corrected chi connectivity index (χ4v) is 4.41. The number of nitrogens with one attached hydrogen (secondary N) is 3. The van der Waals surface area contributed by atoms with Crippen molar-refractivity contribution in [1.29, 1.82) is 0 Å². The summed E-state index contributed by atoms with van der Waals surface area (Å²) in [7, 11) is 0. The lowest BCUT2D eigenvalue weighted by Gasteiger charge is -2.27. The molecule has 42 heavy (non-hydrogen) atoms. The molecular formula is C29H35ClN6O6. The molecule has 0 atom stereocenters. The number of fused-ring (bicyclic) bond motifs is 1. The molecule has 1 aromatic carbocycles. The number of carbonyl (C=O) groups is 3. The zero-order chi connectivity index (χ0) is 30.8. The number of aromatic nitrogens is 3. The lowest BCUT2D eigenvalue weighted by atomic mass is 10.1. The second kappa shape index (κ2) is 11.9. The van der Waals surface area contributed by atoms with Crippen molar-refractivity contribution in [2.45, 2.75) is 66.1 Å². The van der Waals surface area contributed by atoms with E-state index in [0.717, 1.165) is 0 Å². The second-order valence-corrected chi connectivity index (χ2v) is 11.9. The van der Waals surface area contributed by atoms with Crippen molar-refractivity contribution in [1.82, 2.24) is 20.3 Å². The topological polar surface area (TPSA) is 148 Å². The summed E-state index contributed by atoms with van der Waals surface area (Å²) in [4.78, 5) is 52.1. The van der Waals surface area contributed by atoms with E-state index in [1.165, 1.54) is 6.20 Å². The van der Waals surface area contributed by atoms with Crippen molar-refractivity contribution in [2.24, 2.45) is 0 Å². The minimum Gasteiger partial charge on any atom is -0.490 e. The molecule has 4 rings (SSSR count). The standard InChI is InChI=1S/C29H35ClN6O6/c1-8-40-23-16(30)10-9-11-19(23)34-22-20-17(12-14-31-24(20)37)33-21(22)18-13-15-32-25(35-18)36(26(38)41-28(2,3)4)27(39)42-29(5,6)7/h9-11,13,15,33-34H,8,12,14H2,1-7H3,(H,31,37). The van der Waals surface area contributed by atoms with Crippen LogP contribution in [-0.2, 0) is 15.9 Å². The molecule has 13 heteroatoms. The zero-order valence-corrected chi connectivity index (χ0v) is 25.4. The van der Waals surface area contributed by atoms with E-state index in [9.17, 15) is 14.4 Å². The average Bonchev–Trinajstić information content (AvgIpc) is 3.24. The number of hydrogen-bond donors (Lipinski definition) is 3. The summed E-state index contributed by atoms with van der Waals surface area (Å²) in [6.45, 7) is 12.7. The minimum absolute atomic E-state index is 0.267. The van der Waals surface area contributed by atoms with Crippen LogP contribution in [0.1, 0.15) is 64.5 Å². The van der Waals surface area contributed by atoms with E-state index in [-0.39, 0.29) is 11.9 Å². The molecule has 3 aromatic rings. The lowest BCUT2D eigenvalue weighted by molar-refractivity contribution is 0.0427. The predicted molar refractivity (Wildman–Crippen MR) is 159 cm³/mol. The Balaban J connectivity index is 1.84. The SMILES string of the molecule is CCOc1c(Cl)cccc1Nc1c(-c2ccnc(N(C(=O)OC(C)(C)C)C(=O)OC(C)(C)C)n2)[nH]c2c1C(=O)NCC2. The number of aromatic amines is 1. The first-order valence-corrected chi connectivity index (χ1v) is 13.9. The molecule has 3 N–H and O–H groups in total. The highest BCUT2D eigenvalue weighted by molar-refractivity contribution is 6.32. The molecule has 0 saturated carbocycles. The zero-order valence-electron chi connectivity index (χ0n) is 24.7. The van der Waals surface area contributed by atoms with Crippen molar-refractivity contribution in [2.75, 3.05) is 23.4 Å². The van der Waals surface area contributed by atoms with Gasteiger partial charge >= 0.3 is 12.2 Å². The number of halogens is 1. The fourth-order valence-electron chi connectivity index (χ4n) is 4.18. The van der Waals surface area contributed by atoms with Crippen LogP contribution in [0.2, 0.25) is 5.02 Å². The van der Waals surface area contributed by atoms with Gasteiger partial charge in [-0.05, 0) is 66.7 Å². The normalized spacial score (nSPS) is 13.1. The molecule has 0 saturated heterocycles. The quantitative estimate of drug-likeness (QED) is 0.300. The molecule has 0 spiro atoms. The van der Waals surface area contributed by atoms with Crippen LogP contribution in [0.15, 0.2) is 30.5 Å². The van der Waals surface area contributed by atoms with Gasteiger partial charge in [0.05, 0.1) is 40.0 Å². The van der Waals surface area contributed by atoms with Crippen molar-refractivity contribution < 1.29 is 28.6 Å². The maximum atomic E-state index is 13.2. The van der Waals surface area contributed by atoms with Crippen molar-refractivity contribution >= 4 is 47.0 Å². The first-order chi connectivity index (χ1) is 19.7. The maximum absolute atomic E-state index is 13.2. The Labute approximate surface area is 249 Å². The van der Waals surface area contributed by atoms with E-state index in [0.29, 0.717) is 69.3 Å². The molecule has 2 aromatic heterocycles. The molecule has 0 unspecified atom stereocenters. The first-order valence-electron chi connectivity index (χ1n) is 13.5. The van der Waals surface area contributed by atoms with E-state index < -0.39 is 23.4 Å². The predicted octanol–water partition coefficient (Wildman–Crippen LogP) is 6.23. The van der Waals surface area contributed by atoms with Gasteiger partial charge in [0.25, 0.3) is 5.91 Å². The number of nitrogens with zero attached hydrogens (tertiary/aromatic N) is 3. The molecule has 0 bridgehead atoms. The van der Waals surface area contributed by atoms with Gasteiger partial charge in [0.2, 0.25) is 5.95 Å². The second-order valence-electron chi connectivity index (χ2n) is 11.4. The number of hydrogen-bond acceptors (Lipinski definition) is 9. The fraction of sp³-hybridized carbons (Fsp3) is 0.414. The van der Waals surface area contributed by atoms with Crippen molar-refractivity contribution in [3.63, 3.8) is 0 Å². The van der Waals surface area contributed by atoms with E-state index in [4.69, 9.17) is 25.8 Å². The van der Waals surface area contributed by atoms with Gasteiger partial charge < -0.3 is 29.8 Å². The molecule has 224 valence electrons. The monoisotopic (exact) mass is 598 g/mol. The Morgan fingerprint density at radius 1 is 1.07 bits per heavy atom.